The molecular weight excluding hydrogens is 285 g/mol. The summed E-state index contributed by atoms with van der Waals surface area (Å²) in [5.74, 6) is 0. The third-order valence-corrected chi connectivity index (χ3v) is 0.224. The van der Waals surface area contributed by atoms with Crippen LogP contribution < -0.4 is 0 Å². The van der Waals surface area contributed by atoms with E-state index in [1.54, 1.807) is 0 Å². The van der Waals surface area contributed by atoms with Gasteiger partial charge in [-0.25, -0.2) is 0 Å². The summed E-state index contributed by atoms with van der Waals surface area (Å²) >= 11 is -3.29. The number of halogens is 4. The summed E-state index contributed by atoms with van der Waals surface area (Å²) in [6, 6.07) is 0. The van der Waals surface area contributed by atoms with Crippen LogP contribution >= 0.6 is 34.1 Å². The van der Waals surface area contributed by atoms with Crippen molar-refractivity contribution in [2.24, 2.45) is 0 Å². The van der Waals surface area contributed by atoms with Crippen LogP contribution in [0.25, 0.3) is 0 Å². The Labute approximate surface area is 73.8 Å². The summed E-state index contributed by atoms with van der Waals surface area (Å²) in [5, 5.41) is 7.88. The van der Waals surface area contributed by atoms with Gasteiger partial charge in [-0.3, -0.25) is 0 Å². The monoisotopic (exact) mass is 290 g/mol. The Hall–Kier alpha value is 2.00. The van der Waals surface area contributed by atoms with Crippen molar-refractivity contribution >= 4 is 34.1 Å². The van der Waals surface area contributed by atoms with Crippen molar-refractivity contribution in [1.82, 2.24) is 0 Å². The molecule has 0 amide bonds. The van der Waals surface area contributed by atoms with Crippen molar-refractivity contribution in [2.45, 2.75) is 13.3 Å². The van der Waals surface area contributed by atoms with Gasteiger partial charge in [0.25, 0.3) is 0 Å². The number of hydrogen-bond donors (Lipinski definition) is 1. The molecule has 0 rings (SSSR count). The van der Waals surface area contributed by atoms with E-state index < -0.39 is 15.5 Å². The van der Waals surface area contributed by atoms with Crippen LogP contribution in [0.1, 0.15) is 13.3 Å². The molecule has 0 aliphatic heterocycles. The third kappa shape index (κ3) is 71.0. The zero-order chi connectivity index (χ0) is 7.91. The van der Waals surface area contributed by atoms with E-state index in [9.17, 15) is 0 Å². The van der Waals surface area contributed by atoms with Crippen LogP contribution in [0, 0.1) is 0 Å². The van der Waals surface area contributed by atoms with E-state index in [0.29, 0.717) is 6.61 Å². The summed E-state index contributed by atoms with van der Waals surface area (Å²) in [4.78, 5) is 0. The number of hydrogen-bond acceptors (Lipinski definition) is 1. The Bertz CT molecular complexity index is 46.3. The van der Waals surface area contributed by atoms with Crippen molar-refractivity contribution in [3.8, 4) is 0 Å². The first-order chi connectivity index (χ1) is 3.91. The fourth-order valence-electron chi connectivity index (χ4n) is 0. The molecule has 9 heavy (non-hydrogen) atoms. The molecule has 0 radical (unpaired) electrons. The zero-order valence-corrected chi connectivity index (χ0v) is 10.4. The van der Waals surface area contributed by atoms with E-state index in [1.807, 2.05) is 6.92 Å². The van der Waals surface area contributed by atoms with E-state index in [-0.39, 0.29) is 0 Å². The van der Waals surface area contributed by atoms with Crippen molar-refractivity contribution < 1.29 is 20.6 Å². The molecular formula is C3H8Cl4OZr. The van der Waals surface area contributed by atoms with E-state index in [0.717, 1.165) is 6.42 Å². The quantitative estimate of drug-likeness (QED) is 0.787. The first kappa shape index (κ1) is 13.6. The van der Waals surface area contributed by atoms with Gasteiger partial charge in [-0.1, -0.05) is 6.92 Å². The van der Waals surface area contributed by atoms with E-state index >= 15 is 0 Å². The van der Waals surface area contributed by atoms with Gasteiger partial charge in [-0.05, 0) is 6.42 Å². The molecule has 0 aromatic rings. The average molecular weight is 293 g/mol. The van der Waals surface area contributed by atoms with Crippen molar-refractivity contribution in [1.29, 1.82) is 0 Å². The molecule has 1 N–H and O–H groups in total. The zero-order valence-electron chi connectivity index (χ0n) is 4.87. The number of aliphatic hydroxyl groups excluding tert-OH is 1. The van der Waals surface area contributed by atoms with Crippen LogP contribution in [0.4, 0.5) is 0 Å². The summed E-state index contributed by atoms with van der Waals surface area (Å²) in [6.45, 7) is 2.25. The molecule has 0 aliphatic rings. The van der Waals surface area contributed by atoms with Gasteiger partial charge in [-0.15, -0.1) is 0 Å². The van der Waals surface area contributed by atoms with Gasteiger partial charge >= 0.3 is 49.5 Å². The third-order valence-electron chi connectivity index (χ3n) is 0.224. The Balaban J connectivity index is 0. The van der Waals surface area contributed by atoms with Gasteiger partial charge in [0.05, 0.1) is 0 Å². The molecule has 0 aromatic carbocycles. The number of rotatable bonds is 1. The van der Waals surface area contributed by atoms with Crippen LogP contribution in [0.5, 0.6) is 0 Å². The summed E-state index contributed by atoms with van der Waals surface area (Å²) in [6.07, 6.45) is 0.875. The maximum atomic E-state index is 7.88. The topological polar surface area (TPSA) is 20.2 Å². The van der Waals surface area contributed by atoms with Gasteiger partial charge in [0.1, 0.15) is 0 Å². The van der Waals surface area contributed by atoms with Crippen molar-refractivity contribution in [3.63, 3.8) is 0 Å². The summed E-state index contributed by atoms with van der Waals surface area (Å²) in [5.41, 5.74) is 0. The average Bonchev–Trinajstić information content (AvgIpc) is 1.61. The van der Waals surface area contributed by atoms with Crippen LogP contribution in [0.3, 0.4) is 0 Å². The molecule has 0 saturated heterocycles. The molecule has 0 aliphatic carbocycles. The molecule has 0 bridgehead atoms. The Kier molecular flexibility index (Phi) is 12.2. The minimum absolute atomic E-state index is 0.319. The van der Waals surface area contributed by atoms with Crippen LogP contribution in [-0.4, -0.2) is 11.7 Å². The van der Waals surface area contributed by atoms with Crippen molar-refractivity contribution in [2.75, 3.05) is 6.61 Å². The molecule has 0 fully saturated rings. The van der Waals surface area contributed by atoms with E-state index in [4.69, 9.17) is 39.2 Å². The number of aliphatic hydroxyl groups is 1. The Morgan fingerprint density at radius 2 is 1.33 bits per heavy atom. The van der Waals surface area contributed by atoms with E-state index in [1.165, 1.54) is 0 Å². The first-order valence-electron chi connectivity index (χ1n) is 2.28. The predicted octanol–water partition coefficient (Wildman–Crippen LogP) is 3.14. The van der Waals surface area contributed by atoms with Crippen molar-refractivity contribution in [3.05, 3.63) is 0 Å². The first-order valence-corrected chi connectivity index (χ1v) is 14.9. The second-order valence-electron chi connectivity index (χ2n) is 1.15. The normalized spacial score (nSPS) is 10.0. The second-order valence-corrected chi connectivity index (χ2v) is 23.5. The SMILES string of the molecule is CCCO.[Cl][Zr]([Cl])([Cl])[Cl]. The molecule has 6 heteroatoms. The standard InChI is InChI=1S/C3H8O.4ClH.Zr/c1-2-3-4;;;;;/h4H,2-3H2,1H3;4*1H;/q;;;;;+4/p-4. The van der Waals surface area contributed by atoms with Crippen LogP contribution in [0.2, 0.25) is 0 Å². The minimum atomic E-state index is -3.29. The fraction of sp³-hybridized carbons (Fsp3) is 1.00. The summed E-state index contributed by atoms with van der Waals surface area (Å²) < 4.78 is 0. The van der Waals surface area contributed by atoms with Gasteiger partial charge < -0.3 is 5.11 Å². The second kappa shape index (κ2) is 8.10. The van der Waals surface area contributed by atoms with E-state index in [2.05, 4.69) is 0 Å². The fourth-order valence-corrected chi connectivity index (χ4v) is 0. The molecule has 0 aromatic heterocycles. The van der Waals surface area contributed by atoms with Crippen LogP contribution in [0.15, 0.2) is 0 Å². The molecule has 0 atom stereocenters. The molecule has 0 saturated carbocycles. The molecule has 0 heterocycles. The van der Waals surface area contributed by atoms with Gasteiger partial charge in [0.2, 0.25) is 0 Å². The maximum absolute atomic E-state index is 7.88. The summed E-state index contributed by atoms with van der Waals surface area (Å²) in [7, 11) is 20.1. The van der Waals surface area contributed by atoms with Gasteiger partial charge in [-0.2, -0.15) is 0 Å². The predicted molar refractivity (Wildman–Crippen MR) is 40.8 cm³/mol. The molecule has 1 nitrogen and oxygen atoms in total. The van der Waals surface area contributed by atoms with Crippen LogP contribution in [-0.2, 0) is 15.5 Å². The Morgan fingerprint density at radius 1 is 1.22 bits per heavy atom. The molecule has 0 unspecified atom stereocenters. The Morgan fingerprint density at radius 3 is 1.33 bits per heavy atom. The molecule has 58 valence electrons. The van der Waals surface area contributed by atoms with Gasteiger partial charge in [0.15, 0.2) is 0 Å². The molecule has 0 spiro atoms. The van der Waals surface area contributed by atoms with Gasteiger partial charge in [0, 0.05) is 6.61 Å².